The molecule has 0 atom stereocenters. The number of nitrogens with zero attached hydrogens (tertiary/aromatic N) is 1. The second-order valence-electron chi connectivity index (χ2n) is 3.72. The summed E-state index contributed by atoms with van der Waals surface area (Å²) in [6.45, 7) is 4.25. The molecular formula is C12H16N2OS. The lowest BCUT2D eigenvalue weighted by atomic mass is 9.83. The number of carbonyl (C=O) groups excluding carboxylic acids is 1. The first-order valence-electron chi connectivity index (χ1n) is 5.39. The predicted octanol–water partition coefficient (Wildman–Crippen LogP) is 2.69. The van der Waals surface area contributed by atoms with Crippen molar-refractivity contribution in [3.63, 3.8) is 0 Å². The molecule has 0 saturated carbocycles. The molecule has 0 radical (unpaired) electrons. The topological polar surface area (TPSA) is 52.9 Å². The Balaban J connectivity index is 2.61. The quantitative estimate of drug-likeness (QED) is 0.854. The molecule has 1 amide bonds. The minimum Gasteiger partial charge on any atom is -0.351 e. The first-order chi connectivity index (χ1) is 7.68. The Labute approximate surface area is 100 Å². The Morgan fingerprint density at radius 3 is 2.69 bits per heavy atom. The number of hydrogen-bond acceptors (Lipinski definition) is 3. The van der Waals surface area contributed by atoms with Crippen molar-refractivity contribution in [2.45, 2.75) is 33.2 Å². The lowest BCUT2D eigenvalue weighted by molar-refractivity contribution is -0.128. The molecule has 1 aromatic heterocycles. The molecule has 0 spiro atoms. The molecule has 0 fully saturated rings. The summed E-state index contributed by atoms with van der Waals surface area (Å²) in [5.41, 5.74) is 0.216. The number of hydrogen-bond donors (Lipinski definition) is 1. The maximum Gasteiger partial charge on any atom is 0.240 e. The molecule has 0 aliphatic carbocycles. The van der Waals surface area contributed by atoms with Gasteiger partial charge in [-0.1, -0.05) is 13.8 Å². The van der Waals surface area contributed by atoms with Crippen LogP contribution in [0, 0.1) is 16.7 Å². The van der Waals surface area contributed by atoms with Gasteiger partial charge in [0, 0.05) is 6.54 Å². The van der Waals surface area contributed by atoms with E-state index in [1.54, 1.807) is 11.3 Å². The van der Waals surface area contributed by atoms with E-state index in [1.165, 1.54) is 0 Å². The Hall–Kier alpha value is -1.34. The summed E-state index contributed by atoms with van der Waals surface area (Å²) >= 11 is 1.60. The molecule has 0 unspecified atom stereocenters. The molecular weight excluding hydrogens is 220 g/mol. The Kier molecular flexibility index (Phi) is 4.51. The molecule has 16 heavy (non-hydrogen) atoms. The third-order valence-electron chi connectivity index (χ3n) is 2.89. The molecule has 1 N–H and O–H groups in total. The van der Waals surface area contributed by atoms with Crippen molar-refractivity contribution >= 4 is 17.2 Å². The smallest absolute Gasteiger partial charge is 0.240 e. The molecule has 86 valence electrons. The maximum atomic E-state index is 11.9. The minimum atomic E-state index is -0.865. The van der Waals surface area contributed by atoms with Crippen molar-refractivity contribution in [1.82, 2.24) is 5.32 Å². The van der Waals surface area contributed by atoms with E-state index in [0.29, 0.717) is 19.4 Å². The average molecular weight is 236 g/mol. The van der Waals surface area contributed by atoms with Gasteiger partial charge in [0.25, 0.3) is 0 Å². The Morgan fingerprint density at radius 1 is 1.56 bits per heavy atom. The van der Waals surface area contributed by atoms with E-state index in [0.717, 1.165) is 5.56 Å². The van der Waals surface area contributed by atoms with Gasteiger partial charge in [0.2, 0.25) is 5.91 Å². The molecule has 0 aliphatic heterocycles. The molecule has 4 heteroatoms. The lowest BCUT2D eigenvalue weighted by Crippen LogP contribution is -2.38. The highest BCUT2D eigenvalue weighted by atomic mass is 32.1. The van der Waals surface area contributed by atoms with Crippen LogP contribution >= 0.6 is 11.3 Å². The number of carbonyl (C=O) groups is 1. The van der Waals surface area contributed by atoms with E-state index in [1.807, 2.05) is 30.7 Å². The van der Waals surface area contributed by atoms with Crippen LogP contribution in [-0.2, 0) is 11.3 Å². The average Bonchev–Trinajstić information content (AvgIpc) is 2.82. The van der Waals surface area contributed by atoms with Gasteiger partial charge in [-0.3, -0.25) is 4.79 Å². The predicted molar refractivity (Wildman–Crippen MR) is 64.8 cm³/mol. The fourth-order valence-electron chi connectivity index (χ4n) is 1.52. The zero-order valence-corrected chi connectivity index (χ0v) is 10.4. The zero-order valence-electron chi connectivity index (χ0n) is 9.62. The van der Waals surface area contributed by atoms with Crippen LogP contribution in [0.1, 0.15) is 32.3 Å². The van der Waals surface area contributed by atoms with Crippen LogP contribution in [0.3, 0.4) is 0 Å². The van der Waals surface area contributed by atoms with Gasteiger partial charge in [0.05, 0.1) is 6.07 Å². The molecule has 0 saturated heterocycles. The molecule has 1 heterocycles. The van der Waals surface area contributed by atoms with Crippen molar-refractivity contribution in [2.75, 3.05) is 0 Å². The van der Waals surface area contributed by atoms with Gasteiger partial charge in [-0.2, -0.15) is 16.6 Å². The maximum absolute atomic E-state index is 11.9. The van der Waals surface area contributed by atoms with Gasteiger partial charge in [-0.25, -0.2) is 0 Å². The third kappa shape index (κ3) is 2.61. The van der Waals surface area contributed by atoms with Crippen LogP contribution in [0.2, 0.25) is 0 Å². The lowest BCUT2D eigenvalue weighted by Gasteiger charge is -2.21. The second kappa shape index (κ2) is 5.66. The second-order valence-corrected chi connectivity index (χ2v) is 4.50. The number of nitrogens with one attached hydrogen (secondary N) is 1. The summed E-state index contributed by atoms with van der Waals surface area (Å²) in [5.74, 6) is -0.161. The highest BCUT2D eigenvalue weighted by Gasteiger charge is 2.34. The van der Waals surface area contributed by atoms with Crippen molar-refractivity contribution in [3.05, 3.63) is 22.4 Å². The van der Waals surface area contributed by atoms with Crippen LogP contribution in [0.25, 0.3) is 0 Å². The van der Waals surface area contributed by atoms with Gasteiger partial charge in [-0.05, 0) is 35.2 Å². The number of rotatable bonds is 5. The molecule has 1 rings (SSSR count). The summed E-state index contributed by atoms with van der Waals surface area (Å²) in [4.78, 5) is 11.9. The van der Waals surface area contributed by atoms with Gasteiger partial charge >= 0.3 is 0 Å². The van der Waals surface area contributed by atoms with Crippen molar-refractivity contribution in [1.29, 1.82) is 5.26 Å². The van der Waals surface area contributed by atoms with E-state index in [-0.39, 0.29) is 5.91 Å². The van der Waals surface area contributed by atoms with E-state index in [9.17, 15) is 4.79 Å². The first-order valence-corrected chi connectivity index (χ1v) is 6.33. The fraction of sp³-hybridized carbons (Fsp3) is 0.500. The highest BCUT2D eigenvalue weighted by molar-refractivity contribution is 7.07. The molecule has 3 nitrogen and oxygen atoms in total. The SMILES string of the molecule is CCC(C#N)(CC)C(=O)NCc1ccsc1. The van der Waals surface area contributed by atoms with Crippen molar-refractivity contribution in [3.8, 4) is 6.07 Å². The van der Waals surface area contributed by atoms with Gasteiger partial charge < -0.3 is 5.32 Å². The number of nitriles is 1. The van der Waals surface area contributed by atoms with Crippen LogP contribution in [0.15, 0.2) is 16.8 Å². The normalized spacial score (nSPS) is 10.8. The van der Waals surface area contributed by atoms with Crippen LogP contribution < -0.4 is 5.32 Å². The van der Waals surface area contributed by atoms with Crippen LogP contribution in [0.4, 0.5) is 0 Å². The van der Waals surface area contributed by atoms with E-state index < -0.39 is 5.41 Å². The summed E-state index contributed by atoms with van der Waals surface area (Å²) in [5, 5.41) is 15.9. The monoisotopic (exact) mass is 236 g/mol. The Bertz CT molecular complexity index is 374. The van der Waals surface area contributed by atoms with Gasteiger partial charge in [0.15, 0.2) is 0 Å². The molecule has 0 aromatic carbocycles. The van der Waals surface area contributed by atoms with E-state index >= 15 is 0 Å². The number of amides is 1. The zero-order chi connectivity index (χ0) is 12.0. The summed E-state index contributed by atoms with van der Waals surface area (Å²) in [6.07, 6.45) is 1.10. The van der Waals surface area contributed by atoms with Crippen LogP contribution in [-0.4, -0.2) is 5.91 Å². The first kappa shape index (κ1) is 12.7. The molecule has 1 aromatic rings. The number of thiophene rings is 1. The summed E-state index contributed by atoms with van der Waals surface area (Å²) in [7, 11) is 0. The van der Waals surface area contributed by atoms with Crippen LogP contribution in [0.5, 0.6) is 0 Å². The molecule has 0 bridgehead atoms. The van der Waals surface area contributed by atoms with Gasteiger partial charge in [-0.15, -0.1) is 0 Å². The standard InChI is InChI=1S/C12H16N2OS/c1-3-12(4-2,9-13)11(15)14-7-10-5-6-16-8-10/h5-6,8H,3-4,7H2,1-2H3,(H,14,15). The largest absolute Gasteiger partial charge is 0.351 e. The van der Waals surface area contributed by atoms with Crippen molar-refractivity contribution in [2.24, 2.45) is 5.41 Å². The van der Waals surface area contributed by atoms with E-state index in [4.69, 9.17) is 5.26 Å². The highest BCUT2D eigenvalue weighted by Crippen LogP contribution is 2.25. The third-order valence-corrected chi connectivity index (χ3v) is 3.62. The van der Waals surface area contributed by atoms with Crippen molar-refractivity contribution < 1.29 is 4.79 Å². The summed E-state index contributed by atoms with van der Waals surface area (Å²) < 4.78 is 0. The summed E-state index contributed by atoms with van der Waals surface area (Å²) in [6, 6.07) is 4.10. The molecule has 0 aliphatic rings. The minimum absolute atomic E-state index is 0.161. The fourth-order valence-corrected chi connectivity index (χ4v) is 2.19. The van der Waals surface area contributed by atoms with Gasteiger partial charge in [0.1, 0.15) is 5.41 Å². The van der Waals surface area contributed by atoms with E-state index in [2.05, 4.69) is 11.4 Å². The Morgan fingerprint density at radius 2 is 2.25 bits per heavy atom.